The molecule has 3 rings (SSSR count). The number of nitrogens with zero attached hydrogens (tertiary/aromatic N) is 1. The van der Waals surface area contributed by atoms with Crippen LogP contribution in [0, 0.1) is 6.92 Å². The number of amides is 3. The fourth-order valence-corrected chi connectivity index (χ4v) is 2.71. The van der Waals surface area contributed by atoms with Crippen molar-refractivity contribution < 1.29 is 9.59 Å². The number of fused-ring (bicyclic) bond motifs is 1. The minimum Gasteiger partial charge on any atom is -0.341 e. The molecule has 1 aliphatic heterocycles. The summed E-state index contributed by atoms with van der Waals surface area (Å²) in [6.45, 7) is 2.65. The van der Waals surface area contributed by atoms with E-state index in [2.05, 4.69) is 10.6 Å². The minimum absolute atomic E-state index is 0.0131. The van der Waals surface area contributed by atoms with Crippen molar-refractivity contribution in [3.05, 3.63) is 59.2 Å². The average molecular weight is 309 g/mol. The molecule has 118 valence electrons. The maximum Gasteiger partial charge on any atom is 0.318 e. The summed E-state index contributed by atoms with van der Waals surface area (Å²) < 4.78 is 0. The minimum atomic E-state index is -0.278. The van der Waals surface area contributed by atoms with Gasteiger partial charge in [0.2, 0.25) is 0 Å². The number of benzene rings is 2. The lowest BCUT2D eigenvalue weighted by Gasteiger charge is -2.18. The summed E-state index contributed by atoms with van der Waals surface area (Å²) >= 11 is 0. The van der Waals surface area contributed by atoms with Crippen molar-refractivity contribution in [2.24, 2.45) is 0 Å². The second-order valence-electron chi connectivity index (χ2n) is 5.62. The van der Waals surface area contributed by atoms with Crippen LogP contribution in [0.4, 0.5) is 16.2 Å². The first-order valence-corrected chi connectivity index (χ1v) is 7.58. The highest BCUT2D eigenvalue weighted by molar-refractivity contribution is 6.07. The van der Waals surface area contributed by atoms with Crippen molar-refractivity contribution in [2.75, 3.05) is 23.8 Å². The number of carbonyl (C=O) groups is 2. The largest absolute Gasteiger partial charge is 0.341 e. The highest BCUT2D eigenvalue weighted by Crippen LogP contribution is 2.32. The van der Waals surface area contributed by atoms with Crippen LogP contribution >= 0.6 is 0 Å². The summed E-state index contributed by atoms with van der Waals surface area (Å²) in [5.74, 6) is -0.0131. The van der Waals surface area contributed by atoms with Crippen molar-refractivity contribution in [2.45, 2.75) is 13.3 Å². The molecule has 0 aliphatic carbocycles. The van der Waals surface area contributed by atoms with E-state index in [1.54, 1.807) is 11.9 Å². The molecule has 2 aromatic carbocycles. The molecule has 0 bridgehead atoms. The quantitative estimate of drug-likeness (QED) is 0.896. The Bertz CT molecular complexity index is 753. The lowest BCUT2D eigenvalue weighted by molar-refractivity contribution is 0.0989. The molecule has 0 spiro atoms. The van der Waals surface area contributed by atoms with Crippen molar-refractivity contribution in [1.82, 2.24) is 5.32 Å². The first-order valence-electron chi connectivity index (χ1n) is 7.58. The Hall–Kier alpha value is -2.82. The van der Waals surface area contributed by atoms with Gasteiger partial charge in [0.15, 0.2) is 0 Å². The van der Waals surface area contributed by atoms with Crippen LogP contribution in [-0.4, -0.2) is 25.5 Å². The van der Waals surface area contributed by atoms with Crippen LogP contribution in [-0.2, 0) is 6.42 Å². The fraction of sp³-hybridized carbons (Fsp3) is 0.222. The third kappa shape index (κ3) is 3.04. The van der Waals surface area contributed by atoms with Gasteiger partial charge in [-0.3, -0.25) is 4.79 Å². The molecule has 0 atom stereocenters. The molecular formula is C18H19N3O2. The normalized spacial score (nSPS) is 12.7. The van der Waals surface area contributed by atoms with Gasteiger partial charge in [-0.15, -0.1) is 0 Å². The number of urea groups is 1. The van der Waals surface area contributed by atoms with Crippen LogP contribution in [0.1, 0.15) is 21.5 Å². The number of anilines is 2. The molecule has 1 aliphatic rings. The number of aryl methyl sites for hydroxylation is 1. The van der Waals surface area contributed by atoms with Crippen molar-refractivity contribution in [3.8, 4) is 0 Å². The molecule has 0 saturated carbocycles. The predicted molar refractivity (Wildman–Crippen MR) is 91.1 cm³/mol. The fourth-order valence-electron chi connectivity index (χ4n) is 2.71. The average Bonchev–Trinajstić information content (AvgIpc) is 2.98. The zero-order valence-corrected chi connectivity index (χ0v) is 13.2. The first-order chi connectivity index (χ1) is 11.1. The van der Waals surface area contributed by atoms with Crippen LogP contribution in [0.15, 0.2) is 42.5 Å². The number of carbonyl (C=O) groups excluding carboxylic acids is 2. The van der Waals surface area contributed by atoms with Gasteiger partial charge in [-0.05, 0) is 43.2 Å². The lowest BCUT2D eigenvalue weighted by Crippen LogP contribution is -2.29. The lowest BCUT2D eigenvalue weighted by atomic mass is 10.1. The Labute approximate surface area is 135 Å². The van der Waals surface area contributed by atoms with E-state index in [1.165, 1.54) is 0 Å². The van der Waals surface area contributed by atoms with Crippen LogP contribution in [0.3, 0.4) is 0 Å². The van der Waals surface area contributed by atoms with Crippen molar-refractivity contribution in [1.29, 1.82) is 0 Å². The maximum absolute atomic E-state index is 12.7. The molecule has 0 fully saturated rings. The Morgan fingerprint density at radius 2 is 1.83 bits per heavy atom. The summed E-state index contributed by atoms with van der Waals surface area (Å²) in [5.41, 5.74) is 4.46. The molecule has 23 heavy (non-hydrogen) atoms. The molecule has 0 saturated heterocycles. The molecular weight excluding hydrogens is 290 g/mol. The molecule has 5 heteroatoms. The van der Waals surface area contributed by atoms with Gasteiger partial charge in [0.1, 0.15) is 0 Å². The van der Waals surface area contributed by atoms with E-state index in [0.29, 0.717) is 17.8 Å². The van der Waals surface area contributed by atoms with E-state index < -0.39 is 0 Å². The summed E-state index contributed by atoms with van der Waals surface area (Å²) in [5, 5.41) is 5.26. The third-order valence-electron chi connectivity index (χ3n) is 4.01. The molecule has 3 amide bonds. The zero-order chi connectivity index (χ0) is 16.4. The Balaban J connectivity index is 1.87. The van der Waals surface area contributed by atoms with E-state index >= 15 is 0 Å². The van der Waals surface area contributed by atoms with E-state index in [-0.39, 0.29) is 11.9 Å². The SMILES string of the molecule is CNC(=O)Nc1ccc2c(c1)N(C(=O)c1ccc(C)cc1)CC2. The van der Waals surface area contributed by atoms with Crippen LogP contribution in [0.5, 0.6) is 0 Å². The maximum atomic E-state index is 12.7. The summed E-state index contributed by atoms with van der Waals surface area (Å²) in [4.78, 5) is 26.0. The molecule has 5 nitrogen and oxygen atoms in total. The molecule has 0 radical (unpaired) electrons. The monoisotopic (exact) mass is 309 g/mol. The van der Waals surface area contributed by atoms with E-state index in [4.69, 9.17) is 0 Å². The smallest absolute Gasteiger partial charge is 0.318 e. The second-order valence-corrected chi connectivity index (χ2v) is 5.62. The van der Waals surface area contributed by atoms with Crippen LogP contribution in [0.25, 0.3) is 0 Å². The van der Waals surface area contributed by atoms with Crippen LogP contribution in [0.2, 0.25) is 0 Å². The van der Waals surface area contributed by atoms with Gasteiger partial charge in [0.05, 0.1) is 0 Å². The summed E-state index contributed by atoms with van der Waals surface area (Å²) in [6, 6.07) is 13.0. The third-order valence-corrected chi connectivity index (χ3v) is 4.01. The van der Waals surface area contributed by atoms with Gasteiger partial charge in [-0.1, -0.05) is 23.8 Å². The van der Waals surface area contributed by atoms with Crippen molar-refractivity contribution in [3.63, 3.8) is 0 Å². The number of hydrogen-bond acceptors (Lipinski definition) is 2. The Morgan fingerprint density at radius 3 is 2.52 bits per heavy atom. The Kier molecular flexibility index (Phi) is 4.02. The second kappa shape index (κ2) is 6.12. The Morgan fingerprint density at radius 1 is 1.09 bits per heavy atom. The molecule has 2 aromatic rings. The molecule has 2 N–H and O–H groups in total. The molecule has 0 aromatic heterocycles. The van der Waals surface area contributed by atoms with Gasteiger partial charge < -0.3 is 15.5 Å². The highest BCUT2D eigenvalue weighted by Gasteiger charge is 2.25. The predicted octanol–water partition coefficient (Wildman–Crippen LogP) is 2.95. The van der Waals surface area contributed by atoms with E-state index in [9.17, 15) is 9.59 Å². The molecule has 0 unspecified atom stereocenters. The van der Waals surface area contributed by atoms with Gasteiger partial charge in [0.25, 0.3) is 5.91 Å². The zero-order valence-electron chi connectivity index (χ0n) is 13.2. The van der Waals surface area contributed by atoms with E-state index in [0.717, 1.165) is 23.2 Å². The van der Waals surface area contributed by atoms with Gasteiger partial charge in [-0.2, -0.15) is 0 Å². The van der Waals surface area contributed by atoms with Crippen molar-refractivity contribution >= 4 is 23.3 Å². The highest BCUT2D eigenvalue weighted by atomic mass is 16.2. The topological polar surface area (TPSA) is 61.4 Å². The van der Waals surface area contributed by atoms with Crippen LogP contribution < -0.4 is 15.5 Å². The summed E-state index contributed by atoms with van der Waals surface area (Å²) in [6.07, 6.45) is 0.827. The molecule has 1 heterocycles. The number of rotatable bonds is 2. The first kappa shape index (κ1) is 15.1. The van der Waals surface area contributed by atoms with Gasteiger partial charge in [0, 0.05) is 30.5 Å². The van der Waals surface area contributed by atoms with Gasteiger partial charge in [-0.25, -0.2) is 4.79 Å². The van der Waals surface area contributed by atoms with Gasteiger partial charge >= 0.3 is 6.03 Å². The summed E-state index contributed by atoms with van der Waals surface area (Å²) in [7, 11) is 1.57. The van der Waals surface area contributed by atoms with E-state index in [1.807, 2.05) is 49.4 Å². The number of nitrogens with one attached hydrogen (secondary N) is 2. The number of hydrogen-bond donors (Lipinski definition) is 2. The standard InChI is InChI=1S/C18H19N3O2/c1-12-3-5-14(6-4-12)17(22)21-10-9-13-7-8-15(11-16(13)21)20-18(23)19-2/h3-8,11H,9-10H2,1-2H3,(H2,19,20,23).